The third-order valence-electron chi connectivity index (χ3n) is 4.75. The largest absolute Gasteiger partial charge is 0.356 e. The van der Waals surface area contributed by atoms with Crippen LogP contribution in [0.4, 0.5) is 5.69 Å². The number of aromatic nitrogens is 3. The Balaban J connectivity index is 1.79. The molecular weight excluding hydrogens is 331 g/mol. The van der Waals surface area contributed by atoms with Crippen molar-refractivity contribution in [1.82, 2.24) is 15.0 Å². The third kappa shape index (κ3) is 3.77. The Morgan fingerprint density at radius 1 is 0.815 bits per heavy atom. The van der Waals surface area contributed by atoms with Crippen molar-refractivity contribution in [2.45, 2.75) is 6.67 Å². The molecule has 132 valence electrons. The molecule has 0 aliphatic heterocycles. The molecule has 4 rings (SSSR count). The van der Waals surface area contributed by atoms with Crippen molar-refractivity contribution >= 4 is 28.8 Å². The maximum Gasteiger partial charge on any atom is 0.243 e. The molecule has 1 heterocycles. The van der Waals surface area contributed by atoms with Crippen LogP contribution >= 0.6 is 0 Å². The van der Waals surface area contributed by atoms with E-state index in [0.717, 1.165) is 0 Å². The zero-order valence-electron chi connectivity index (χ0n) is 15.3. The van der Waals surface area contributed by atoms with Crippen LogP contribution < -0.4 is 21.3 Å². The first-order chi connectivity index (χ1) is 13.3. The second-order valence-corrected chi connectivity index (χ2v) is 6.60. The van der Waals surface area contributed by atoms with Crippen LogP contribution in [0.25, 0.3) is 0 Å². The lowest BCUT2D eigenvalue weighted by Gasteiger charge is -2.26. The SMILES string of the molecule is CN(Cn1ccnn1)c1ccccc1B(c1ccccc1)c1ccccc1. The number of anilines is 1. The average molecular weight is 352 g/mol. The lowest BCUT2D eigenvalue weighted by atomic mass is 9.36. The van der Waals surface area contributed by atoms with Gasteiger partial charge in [-0.25, -0.2) is 4.68 Å². The second kappa shape index (κ2) is 7.91. The Morgan fingerprint density at radius 3 is 2.00 bits per heavy atom. The molecule has 0 aliphatic carbocycles. The molecule has 0 unspecified atom stereocenters. The molecule has 4 nitrogen and oxygen atoms in total. The highest BCUT2D eigenvalue weighted by Crippen LogP contribution is 2.12. The minimum Gasteiger partial charge on any atom is -0.356 e. The van der Waals surface area contributed by atoms with Crippen LogP contribution in [0.5, 0.6) is 0 Å². The van der Waals surface area contributed by atoms with Crippen molar-refractivity contribution in [3.8, 4) is 0 Å². The molecule has 3 aromatic carbocycles. The maximum atomic E-state index is 4.10. The predicted octanol–water partition coefficient (Wildman–Crippen LogP) is 1.89. The first-order valence-corrected chi connectivity index (χ1v) is 9.07. The van der Waals surface area contributed by atoms with Gasteiger partial charge in [0.05, 0.1) is 6.20 Å². The molecule has 0 amide bonds. The summed E-state index contributed by atoms with van der Waals surface area (Å²) in [5.74, 6) is 0. The van der Waals surface area contributed by atoms with E-state index >= 15 is 0 Å². The van der Waals surface area contributed by atoms with Crippen LogP contribution in [0.2, 0.25) is 0 Å². The highest BCUT2D eigenvalue weighted by molar-refractivity contribution is 6.96. The van der Waals surface area contributed by atoms with E-state index in [1.807, 2.05) is 10.9 Å². The molecule has 0 bridgehead atoms. The lowest BCUT2D eigenvalue weighted by Crippen LogP contribution is -2.53. The molecule has 0 spiro atoms. The summed E-state index contributed by atoms with van der Waals surface area (Å²) in [7, 11) is 2.09. The second-order valence-electron chi connectivity index (χ2n) is 6.60. The van der Waals surface area contributed by atoms with Gasteiger partial charge in [0.1, 0.15) is 6.67 Å². The fourth-order valence-electron chi connectivity index (χ4n) is 3.52. The van der Waals surface area contributed by atoms with Crippen LogP contribution in [0.15, 0.2) is 97.3 Å². The number of hydrogen-bond acceptors (Lipinski definition) is 3. The zero-order chi connectivity index (χ0) is 18.5. The zero-order valence-corrected chi connectivity index (χ0v) is 15.3. The highest BCUT2D eigenvalue weighted by atomic mass is 15.5. The summed E-state index contributed by atoms with van der Waals surface area (Å²) in [6.45, 7) is 0.814. The van der Waals surface area contributed by atoms with E-state index in [2.05, 4.69) is 107 Å². The summed E-state index contributed by atoms with van der Waals surface area (Å²) >= 11 is 0. The molecule has 5 heteroatoms. The number of benzene rings is 3. The van der Waals surface area contributed by atoms with Crippen molar-refractivity contribution in [3.63, 3.8) is 0 Å². The van der Waals surface area contributed by atoms with Gasteiger partial charge in [-0.05, 0) is 11.5 Å². The monoisotopic (exact) mass is 352 g/mol. The smallest absolute Gasteiger partial charge is 0.243 e. The van der Waals surface area contributed by atoms with Gasteiger partial charge in [0, 0.05) is 18.9 Å². The summed E-state index contributed by atoms with van der Waals surface area (Å²) in [5, 5.41) is 8.01. The molecule has 0 N–H and O–H groups in total. The first-order valence-electron chi connectivity index (χ1n) is 9.07. The summed E-state index contributed by atoms with van der Waals surface area (Å²) < 4.78 is 1.83. The number of nitrogens with zero attached hydrogens (tertiary/aromatic N) is 4. The van der Waals surface area contributed by atoms with Gasteiger partial charge in [0.25, 0.3) is 0 Å². The van der Waals surface area contributed by atoms with Gasteiger partial charge in [-0.15, -0.1) is 5.10 Å². The van der Waals surface area contributed by atoms with E-state index in [4.69, 9.17) is 0 Å². The number of para-hydroxylation sites is 1. The Labute approximate surface area is 160 Å². The fraction of sp³-hybridized carbons (Fsp3) is 0.0909. The number of hydrogen-bond donors (Lipinski definition) is 0. The molecule has 27 heavy (non-hydrogen) atoms. The van der Waals surface area contributed by atoms with Crippen LogP contribution in [0.1, 0.15) is 0 Å². The van der Waals surface area contributed by atoms with Gasteiger partial charge in [-0.1, -0.05) is 95.0 Å². The van der Waals surface area contributed by atoms with E-state index in [0.29, 0.717) is 6.67 Å². The van der Waals surface area contributed by atoms with E-state index in [-0.39, 0.29) is 6.71 Å². The van der Waals surface area contributed by atoms with Crippen molar-refractivity contribution in [3.05, 3.63) is 97.3 Å². The maximum absolute atomic E-state index is 4.10. The van der Waals surface area contributed by atoms with Crippen molar-refractivity contribution in [2.24, 2.45) is 0 Å². The minimum absolute atomic E-state index is 0.168. The van der Waals surface area contributed by atoms with Crippen LogP contribution in [0, 0.1) is 0 Å². The fourth-order valence-corrected chi connectivity index (χ4v) is 3.52. The standard InChI is InChI=1S/C22H21BN4/c1-26(18-27-17-16-24-25-27)22-15-9-8-14-21(22)23(19-10-4-2-5-11-19)20-12-6-3-7-13-20/h2-17H,18H2,1H3. The summed E-state index contributed by atoms with van der Waals surface area (Å²) in [5.41, 5.74) is 5.03. The van der Waals surface area contributed by atoms with Gasteiger partial charge < -0.3 is 4.90 Å². The van der Waals surface area contributed by atoms with Gasteiger partial charge in [0.15, 0.2) is 0 Å². The van der Waals surface area contributed by atoms with Crippen molar-refractivity contribution in [2.75, 3.05) is 11.9 Å². The Kier molecular flexibility index (Phi) is 5.01. The number of rotatable bonds is 6. The summed E-state index contributed by atoms with van der Waals surface area (Å²) in [6.07, 6.45) is 3.58. The first kappa shape index (κ1) is 17.1. The van der Waals surface area contributed by atoms with Crippen LogP contribution in [-0.4, -0.2) is 28.8 Å². The summed E-state index contributed by atoms with van der Waals surface area (Å²) in [6, 6.07) is 29.9. The van der Waals surface area contributed by atoms with Crippen LogP contribution in [0.3, 0.4) is 0 Å². The van der Waals surface area contributed by atoms with Gasteiger partial charge in [0.2, 0.25) is 6.71 Å². The van der Waals surface area contributed by atoms with Crippen molar-refractivity contribution in [1.29, 1.82) is 0 Å². The van der Waals surface area contributed by atoms with Crippen molar-refractivity contribution < 1.29 is 0 Å². The quantitative estimate of drug-likeness (QED) is 0.497. The molecule has 0 fully saturated rings. The molecule has 0 radical (unpaired) electrons. The van der Waals surface area contributed by atoms with Crippen LogP contribution in [-0.2, 0) is 6.67 Å². The summed E-state index contributed by atoms with van der Waals surface area (Å²) in [4.78, 5) is 2.21. The molecule has 0 aliphatic rings. The molecular formula is C22H21BN4. The van der Waals surface area contributed by atoms with Gasteiger partial charge >= 0.3 is 0 Å². The molecule has 4 aromatic rings. The normalized spacial score (nSPS) is 10.6. The van der Waals surface area contributed by atoms with E-state index in [1.54, 1.807) is 6.20 Å². The molecule has 0 atom stereocenters. The lowest BCUT2D eigenvalue weighted by molar-refractivity contribution is 0.584. The van der Waals surface area contributed by atoms with Gasteiger partial charge in [-0.3, -0.25) is 0 Å². The van der Waals surface area contributed by atoms with E-state index in [1.165, 1.54) is 22.1 Å². The van der Waals surface area contributed by atoms with E-state index < -0.39 is 0 Å². The predicted molar refractivity (Wildman–Crippen MR) is 112 cm³/mol. The molecule has 1 aromatic heterocycles. The third-order valence-corrected chi connectivity index (χ3v) is 4.75. The topological polar surface area (TPSA) is 34.0 Å². The van der Waals surface area contributed by atoms with Gasteiger partial charge in [-0.2, -0.15) is 0 Å². The Bertz CT molecular complexity index is 932. The molecule has 0 saturated carbocycles. The highest BCUT2D eigenvalue weighted by Gasteiger charge is 2.25. The Morgan fingerprint density at radius 2 is 1.41 bits per heavy atom. The molecule has 0 saturated heterocycles. The van der Waals surface area contributed by atoms with E-state index in [9.17, 15) is 0 Å². The average Bonchev–Trinajstić information content (AvgIpc) is 3.23. The Hall–Kier alpha value is -3.34. The minimum atomic E-state index is 0.168.